The molecular weight excluding hydrogens is 282 g/mol. The number of aromatic nitrogens is 2. The number of amides is 1. The molecule has 3 N–H and O–H groups in total. The lowest BCUT2D eigenvalue weighted by atomic mass is 9.82. The van der Waals surface area contributed by atoms with E-state index in [-0.39, 0.29) is 18.9 Å². The Hall–Kier alpha value is -2.37. The third-order valence-electron chi connectivity index (χ3n) is 4.32. The summed E-state index contributed by atoms with van der Waals surface area (Å²) in [4.78, 5) is 30.7. The highest BCUT2D eigenvalue weighted by atomic mass is 16.4. The molecule has 0 aliphatic heterocycles. The van der Waals surface area contributed by atoms with Crippen LogP contribution < -0.4 is 5.32 Å². The first-order valence-electron chi connectivity index (χ1n) is 7.43. The molecule has 0 aliphatic carbocycles. The zero-order valence-electron chi connectivity index (χ0n) is 12.8. The normalized spacial score (nSPS) is 11.5. The summed E-state index contributed by atoms with van der Waals surface area (Å²) in [5.41, 5.74) is 0.707. The number of carbonyl (C=O) groups is 2. The van der Waals surface area contributed by atoms with Crippen LogP contribution in [0.1, 0.15) is 32.3 Å². The van der Waals surface area contributed by atoms with Crippen LogP contribution in [0.4, 0.5) is 0 Å². The van der Waals surface area contributed by atoms with E-state index in [1.165, 1.54) is 0 Å². The highest BCUT2D eigenvalue weighted by Gasteiger charge is 2.35. The second-order valence-corrected chi connectivity index (χ2v) is 5.46. The molecule has 0 atom stereocenters. The molecule has 0 aromatic carbocycles. The van der Waals surface area contributed by atoms with Crippen molar-refractivity contribution in [2.24, 2.45) is 5.41 Å². The van der Waals surface area contributed by atoms with Crippen molar-refractivity contribution in [1.82, 2.24) is 15.3 Å². The van der Waals surface area contributed by atoms with Gasteiger partial charge in [0.1, 0.15) is 5.65 Å². The van der Waals surface area contributed by atoms with Crippen molar-refractivity contribution >= 4 is 22.9 Å². The highest BCUT2D eigenvalue weighted by Crippen LogP contribution is 2.25. The number of carboxylic acid groups (broad SMARTS) is 1. The summed E-state index contributed by atoms with van der Waals surface area (Å²) in [5.74, 6) is -1.05. The molecule has 2 heterocycles. The van der Waals surface area contributed by atoms with Gasteiger partial charge in [0.25, 0.3) is 0 Å². The maximum atomic E-state index is 12.1. The molecule has 0 saturated carbocycles. The van der Waals surface area contributed by atoms with Gasteiger partial charge in [0.2, 0.25) is 5.91 Å². The fourth-order valence-corrected chi connectivity index (χ4v) is 2.54. The molecule has 0 spiro atoms. The minimum Gasteiger partial charge on any atom is -0.481 e. The number of carboxylic acids is 1. The van der Waals surface area contributed by atoms with Gasteiger partial charge in [0.05, 0.1) is 11.8 Å². The van der Waals surface area contributed by atoms with Crippen LogP contribution in [0.25, 0.3) is 11.0 Å². The molecule has 22 heavy (non-hydrogen) atoms. The third-order valence-corrected chi connectivity index (χ3v) is 4.32. The molecule has 2 aromatic rings. The van der Waals surface area contributed by atoms with Crippen LogP contribution in [-0.2, 0) is 16.0 Å². The van der Waals surface area contributed by atoms with E-state index >= 15 is 0 Å². The third kappa shape index (κ3) is 3.10. The Balaban J connectivity index is 2.03. The predicted molar refractivity (Wildman–Crippen MR) is 83.5 cm³/mol. The fraction of sp³-hybridized carbons (Fsp3) is 0.438. The summed E-state index contributed by atoms with van der Waals surface area (Å²) >= 11 is 0. The summed E-state index contributed by atoms with van der Waals surface area (Å²) in [6.45, 7) is 3.80. The SMILES string of the molecule is CCC(CC)(CNC(=O)Cc1c[nH]c2ncccc12)C(=O)O. The van der Waals surface area contributed by atoms with Crippen molar-refractivity contribution in [3.63, 3.8) is 0 Å². The number of carbonyl (C=O) groups excluding carboxylic acids is 1. The lowest BCUT2D eigenvalue weighted by Gasteiger charge is -2.26. The van der Waals surface area contributed by atoms with Crippen LogP contribution in [0.5, 0.6) is 0 Å². The van der Waals surface area contributed by atoms with Gasteiger partial charge in [0.15, 0.2) is 0 Å². The van der Waals surface area contributed by atoms with E-state index in [1.54, 1.807) is 12.4 Å². The molecule has 2 aromatic heterocycles. The zero-order chi connectivity index (χ0) is 16.2. The first-order chi connectivity index (χ1) is 10.5. The quantitative estimate of drug-likeness (QED) is 0.730. The molecule has 6 nitrogen and oxygen atoms in total. The largest absolute Gasteiger partial charge is 0.481 e. The number of pyridine rings is 1. The summed E-state index contributed by atoms with van der Waals surface area (Å²) in [5, 5.41) is 13.0. The van der Waals surface area contributed by atoms with Gasteiger partial charge in [-0.05, 0) is 30.5 Å². The molecule has 0 bridgehead atoms. The maximum absolute atomic E-state index is 12.1. The molecule has 0 radical (unpaired) electrons. The van der Waals surface area contributed by atoms with Crippen molar-refractivity contribution in [2.75, 3.05) is 6.54 Å². The van der Waals surface area contributed by atoms with Crippen LogP contribution in [0.15, 0.2) is 24.5 Å². The standard InChI is InChI=1S/C16H21N3O3/c1-3-16(4-2,15(21)22)10-19-13(20)8-11-9-18-14-12(11)6-5-7-17-14/h5-7,9H,3-4,8,10H2,1-2H3,(H,17,18)(H,19,20)(H,21,22). The first kappa shape index (κ1) is 16.0. The zero-order valence-corrected chi connectivity index (χ0v) is 12.8. The van der Waals surface area contributed by atoms with Crippen molar-refractivity contribution in [3.8, 4) is 0 Å². The lowest BCUT2D eigenvalue weighted by molar-refractivity contribution is -0.149. The highest BCUT2D eigenvalue weighted by molar-refractivity contribution is 5.87. The molecule has 2 rings (SSSR count). The number of H-pyrrole nitrogens is 1. The second kappa shape index (κ2) is 6.60. The van der Waals surface area contributed by atoms with Crippen LogP contribution >= 0.6 is 0 Å². The maximum Gasteiger partial charge on any atom is 0.311 e. The Morgan fingerprint density at radius 1 is 1.36 bits per heavy atom. The Labute approximate surface area is 128 Å². The van der Waals surface area contributed by atoms with E-state index < -0.39 is 11.4 Å². The van der Waals surface area contributed by atoms with Crippen molar-refractivity contribution in [2.45, 2.75) is 33.1 Å². The summed E-state index contributed by atoms with van der Waals surface area (Å²) in [7, 11) is 0. The van der Waals surface area contributed by atoms with E-state index in [4.69, 9.17) is 0 Å². The molecule has 0 saturated heterocycles. The Bertz CT molecular complexity index is 674. The van der Waals surface area contributed by atoms with Gasteiger partial charge >= 0.3 is 5.97 Å². The minimum atomic E-state index is -0.891. The summed E-state index contributed by atoms with van der Waals surface area (Å²) in [6.07, 6.45) is 4.62. The number of rotatable bonds is 7. The molecule has 0 unspecified atom stereocenters. The van der Waals surface area contributed by atoms with Crippen LogP contribution in [0, 0.1) is 5.41 Å². The van der Waals surface area contributed by atoms with E-state index in [9.17, 15) is 14.7 Å². The number of fused-ring (bicyclic) bond motifs is 1. The number of aromatic amines is 1. The lowest BCUT2D eigenvalue weighted by Crippen LogP contribution is -2.42. The van der Waals surface area contributed by atoms with Gasteiger partial charge in [-0.1, -0.05) is 13.8 Å². The predicted octanol–water partition coefficient (Wildman–Crippen LogP) is 2.11. The van der Waals surface area contributed by atoms with Crippen molar-refractivity contribution in [1.29, 1.82) is 0 Å². The van der Waals surface area contributed by atoms with E-state index in [0.29, 0.717) is 12.8 Å². The number of hydrogen-bond donors (Lipinski definition) is 3. The Morgan fingerprint density at radius 3 is 2.73 bits per heavy atom. The van der Waals surface area contributed by atoms with Crippen LogP contribution in [-0.4, -0.2) is 33.5 Å². The van der Waals surface area contributed by atoms with Gasteiger partial charge in [-0.3, -0.25) is 9.59 Å². The molecule has 118 valence electrons. The van der Waals surface area contributed by atoms with Gasteiger partial charge < -0.3 is 15.4 Å². The Morgan fingerprint density at radius 2 is 2.09 bits per heavy atom. The van der Waals surface area contributed by atoms with Crippen molar-refractivity contribution in [3.05, 3.63) is 30.1 Å². The average molecular weight is 303 g/mol. The van der Waals surface area contributed by atoms with Gasteiger partial charge in [-0.25, -0.2) is 4.98 Å². The topological polar surface area (TPSA) is 95.1 Å². The average Bonchev–Trinajstić information content (AvgIpc) is 2.92. The molecule has 0 aliphatic rings. The van der Waals surface area contributed by atoms with Crippen LogP contribution in [0.3, 0.4) is 0 Å². The fourth-order valence-electron chi connectivity index (χ4n) is 2.54. The minimum absolute atomic E-state index is 0.148. The second-order valence-electron chi connectivity index (χ2n) is 5.46. The molecule has 6 heteroatoms. The summed E-state index contributed by atoms with van der Waals surface area (Å²) < 4.78 is 0. The smallest absolute Gasteiger partial charge is 0.311 e. The van der Waals surface area contributed by atoms with Gasteiger partial charge in [0, 0.05) is 24.3 Å². The molecule has 1 amide bonds. The van der Waals surface area contributed by atoms with Crippen molar-refractivity contribution < 1.29 is 14.7 Å². The van der Waals surface area contributed by atoms with E-state index in [1.807, 2.05) is 26.0 Å². The van der Waals surface area contributed by atoms with E-state index in [2.05, 4.69) is 15.3 Å². The number of aliphatic carboxylic acids is 1. The Kier molecular flexibility index (Phi) is 4.80. The van der Waals surface area contributed by atoms with Gasteiger partial charge in [-0.15, -0.1) is 0 Å². The molecule has 0 fully saturated rings. The number of nitrogens with one attached hydrogen (secondary N) is 2. The van der Waals surface area contributed by atoms with E-state index in [0.717, 1.165) is 16.6 Å². The van der Waals surface area contributed by atoms with Crippen LogP contribution in [0.2, 0.25) is 0 Å². The molecular formula is C16H21N3O3. The first-order valence-corrected chi connectivity index (χ1v) is 7.43. The number of nitrogens with zero attached hydrogens (tertiary/aromatic N) is 1. The van der Waals surface area contributed by atoms with Gasteiger partial charge in [-0.2, -0.15) is 0 Å². The summed E-state index contributed by atoms with van der Waals surface area (Å²) in [6, 6.07) is 3.72. The monoisotopic (exact) mass is 303 g/mol. The number of hydrogen-bond acceptors (Lipinski definition) is 3.